The maximum absolute atomic E-state index is 12.2. The standard InChI is InChI=1S/C23H21N5O2S/c1-16-6-11-21(31-16)23(30)24-13-18-14-27(15-25-18)19-7-9-20(10-8-19)28-12-4-3-5-22(28)26-17(2)29/h3-12,14-15H,13H2,1-2H3,(H,24,30). The lowest BCUT2D eigenvalue weighted by atomic mass is 10.2. The molecule has 4 aromatic rings. The number of thiophene rings is 1. The number of carbonyl (C=O) groups excluding carboxylic acids is 2. The van der Waals surface area contributed by atoms with Crippen LogP contribution in [0.1, 0.15) is 27.2 Å². The van der Waals surface area contributed by atoms with Gasteiger partial charge in [0.25, 0.3) is 5.91 Å². The Kier molecular flexibility index (Phi) is 5.90. The average Bonchev–Trinajstić information content (AvgIpc) is 3.41. The van der Waals surface area contributed by atoms with Crippen LogP contribution in [-0.2, 0) is 11.3 Å². The molecule has 0 aliphatic rings. The van der Waals surface area contributed by atoms with Gasteiger partial charge >= 0.3 is 0 Å². The summed E-state index contributed by atoms with van der Waals surface area (Å²) in [6, 6.07) is 17.1. The Labute approximate surface area is 183 Å². The summed E-state index contributed by atoms with van der Waals surface area (Å²) in [6.45, 7) is 3.77. The third kappa shape index (κ3) is 4.87. The van der Waals surface area contributed by atoms with Crippen molar-refractivity contribution >= 4 is 23.2 Å². The molecule has 31 heavy (non-hydrogen) atoms. The number of aromatic nitrogens is 3. The van der Waals surface area contributed by atoms with Gasteiger partial charge in [0.2, 0.25) is 5.91 Å². The van der Waals surface area contributed by atoms with Crippen molar-refractivity contribution in [3.05, 3.63) is 94.3 Å². The molecule has 0 bridgehead atoms. The molecule has 1 N–H and O–H groups in total. The smallest absolute Gasteiger partial charge is 0.261 e. The normalized spacial score (nSPS) is 11.5. The number of rotatable bonds is 5. The predicted octanol–water partition coefficient (Wildman–Crippen LogP) is 3.41. The SMILES string of the molecule is CC(=O)N=c1ccccn1-c1ccc(-n2cnc(CNC(=O)c3ccc(C)s3)c2)cc1. The van der Waals surface area contributed by atoms with Crippen LogP contribution in [0, 0.1) is 6.92 Å². The molecule has 0 unspecified atom stereocenters. The number of hydrogen-bond donors (Lipinski definition) is 1. The van der Waals surface area contributed by atoms with Gasteiger partial charge in [0.1, 0.15) is 5.49 Å². The second-order valence-corrected chi connectivity index (χ2v) is 8.23. The lowest BCUT2D eigenvalue weighted by Gasteiger charge is -2.09. The molecule has 0 aliphatic heterocycles. The molecular formula is C23H21N5O2S. The number of imidazole rings is 1. The van der Waals surface area contributed by atoms with E-state index in [0.717, 1.165) is 21.9 Å². The van der Waals surface area contributed by atoms with Crippen LogP contribution in [0.4, 0.5) is 0 Å². The Balaban J connectivity index is 1.48. The van der Waals surface area contributed by atoms with Crippen LogP contribution in [0.3, 0.4) is 0 Å². The Morgan fingerprint density at radius 3 is 2.55 bits per heavy atom. The number of pyridine rings is 1. The first-order chi connectivity index (χ1) is 15.0. The van der Waals surface area contributed by atoms with Crippen molar-refractivity contribution in [2.45, 2.75) is 20.4 Å². The van der Waals surface area contributed by atoms with Crippen LogP contribution in [0.2, 0.25) is 0 Å². The summed E-state index contributed by atoms with van der Waals surface area (Å²) >= 11 is 1.47. The van der Waals surface area contributed by atoms with Gasteiger partial charge in [0.15, 0.2) is 0 Å². The number of nitrogens with zero attached hydrogens (tertiary/aromatic N) is 4. The van der Waals surface area contributed by atoms with Gasteiger partial charge in [-0.2, -0.15) is 4.99 Å². The number of amides is 2. The molecule has 0 atom stereocenters. The molecule has 0 radical (unpaired) electrons. The second-order valence-electron chi connectivity index (χ2n) is 6.94. The summed E-state index contributed by atoms with van der Waals surface area (Å²) in [7, 11) is 0. The van der Waals surface area contributed by atoms with Crippen molar-refractivity contribution in [2.24, 2.45) is 4.99 Å². The maximum atomic E-state index is 12.2. The van der Waals surface area contributed by atoms with E-state index in [9.17, 15) is 9.59 Å². The highest BCUT2D eigenvalue weighted by Gasteiger charge is 2.09. The minimum Gasteiger partial charge on any atom is -0.346 e. The zero-order valence-corrected chi connectivity index (χ0v) is 18.0. The van der Waals surface area contributed by atoms with Gasteiger partial charge in [0.05, 0.1) is 23.4 Å². The van der Waals surface area contributed by atoms with Gasteiger partial charge in [-0.25, -0.2) is 4.98 Å². The summed E-state index contributed by atoms with van der Waals surface area (Å²) in [5.41, 5.74) is 3.17. The molecule has 1 aromatic carbocycles. The molecule has 0 aliphatic carbocycles. The number of hydrogen-bond acceptors (Lipinski definition) is 4. The van der Waals surface area contributed by atoms with Crippen LogP contribution in [0.25, 0.3) is 11.4 Å². The fourth-order valence-corrected chi connectivity index (χ4v) is 3.88. The van der Waals surface area contributed by atoms with E-state index < -0.39 is 0 Å². The fraction of sp³-hybridized carbons (Fsp3) is 0.130. The minimum atomic E-state index is -0.246. The molecule has 2 amide bonds. The van der Waals surface area contributed by atoms with Gasteiger partial charge in [-0.1, -0.05) is 6.07 Å². The molecule has 4 rings (SSSR count). The van der Waals surface area contributed by atoms with E-state index in [1.54, 1.807) is 12.4 Å². The van der Waals surface area contributed by atoms with Gasteiger partial charge < -0.3 is 14.5 Å². The molecule has 0 spiro atoms. The molecule has 3 aromatic heterocycles. The number of aryl methyl sites for hydroxylation is 1. The van der Waals surface area contributed by atoms with Gasteiger partial charge in [-0.15, -0.1) is 11.3 Å². The monoisotopic (exact) mass is 431 g/mol. The quantitative estimate of drug-likeness (QED) is 0.526. The van der Waals surface area contributed by atoms with E-state index in [0.29, 0.717) is 16.9 Å². The summed E-state index contributed by atoms with van der Waals surface area (Å²) in [5, 5.41) is 2.90. The second kappa shape index (κ2) is 8.93. The van der Waals surface area contributed by atoms with Gasteiger partial charge in [-0.3, -0.25) is 9.59 Å². The van der Waals surface area contributed by atoms with Gasteiger partial charge in [-0.05, 0) is 55.5 Å². The zero-order chi connectivity index (χ0) is 21.8. The van der Waals surface area contributed by atoms with Crippen molar-refractivity contribution in [1.82, 2.24) is 19.4 Å². The van der Waals surface area contributed by atoms with Crippen molar-refractivity contribution in [2.75, 3.05) is 0 Å². The first-order valence-corrected chi connectivity index (χ1v) is 10.5. The van der Waals surface area contributed by atoms with Gasteiger partial charge in [0, 0.05) is 35.6 Å². The van der Waals surface area contributed by atoms with E-state index in [1.165, 1.54) is 18.3 Å². The third-order valence-corrected chi connectivity index (χ3v) is 5.57. The molecule has 3 heterocycles. The van der Waals surface area contributed by atoms with Crippen LogP contribution < -0.4 is 10.8 Å². The topological polar surface area (TPSA) is 81.3 Å². The van der Waals surface area contributed by atoms with E-state index in [4.69, 9.17) is 0 Å². The highest BCUT2D eigenvalue weighted by Crippen LogP contribution is 2.15. The lowest BCUT2D eigenvalue weighted by Crippen LogP contribution is -2.21. The van der Waals surface area contributed by atoms with Crippen LogP contribution in [0.5, 0.6) is 0 Å². The number of nitrogens with one attached hydrogen (secondary N) is 1. The summed E-state index contributed by atoms with van der Waals surface area (Å²) < 4.78 is 3.75. The molecule has 0 saturated heterocycles. The summed E-state index contributed by atoms with van der Waals surface area (Å²) in [4.78, 5) is 33.8. The van der Waals surface area contributed by atoms with Crippen molar-refractivity contribution in [3.63, 3.8) is 0 Å². The van der Waals surface area contributed by atoms with Crippen molar-refractivity contribution in [1.29, 1.82) is 0 Å². The summed E-state index contributed by atoms with van der Waals surface area (Å²) in [5.74, 6) is -0.340. The Morgan fingerprint density at radius 1 is 1.06 bits per heavy atom. The van der Waals surface area contributed by atoms with Crippen LogP contribution >= 0.6 is 11.3 Å². The first-order valence-electron chi connectivity index (χ1n) is 9.71. The van der Waals surface area contributed by atoms with E-state index in [2.05, 4.69) is 15.3 Å². The Morgan fingerprint density at radius 2 is 1.84 bits per heavy atom. The highest BCUT2D eigenvalue weighted by atomic mass is 32.1. The molecule has 0 saturated carbocycles. The minimum absolute atomic E-state index is 0.0938. The maximum Gasteiger partial charge on any atom is 0.261 e. The molecule has 0 fully saturated rings. The Bertz CT molecular complexity index is 1300. The average molecular weight is 432 g/mol. The van der Waals surface area contributed by atoms with Crippen LogP contribution in [-0.4, -0.2) is 25.9 Å². The first kappa shape index (κ1) is 20.5. The third-order valence-electron chi connectivity index (χ3n) is 4.57. The molecule has 7 nitrogen and oxygen atoms in total. The number of carbonyl (C=O) groups is 2. The Hall–Kier alpha value is -3.78. The fourth-order valence-electron chi connectivity index (χ4n) is 3.10. The summed E-state index contributed by atoms with van der Waals surface area (Å²) in [6.07, 6.45) is 5.48. The zero-order valence-electron chi connectivity index (χ0n) is 17.1. The van der Waals surface area contributed by atoms with E-state index in [1.807, 2.05) is 77.0 Å². The molecule has 156 valence electrons. The largest absolute Gasteiger partial charge is 0.346 e. The highest BCUT2D eigenvalue weighted by molar-refractivity contribution is 7.13. The van der Waals surface area contributed by atoms with Crippen molar-refractivity contribution in [3.8, 4) is 11.4 Å². The van der Waals surface area contributed by atoms with Crippen LogP contribution in [0.15, 0.2) is 78.3 Å². The molecular weight excluding hydrogens is 410 g/mol. The van der Waals surface area contributed by atoms with E-state index >= 15 is 0 Å². The number of benzene rings is 1. The van der Waals surface area contributed by atoms with E-state index in [-0.39, 0.29) is 11.8 Å². The predicted molar refractivity (Wildman–Crippen MR) is 119 cm³/mol. The molecule has 8 heteroatoms. The lowest BCUT2D eigenvalue weighted by molar-refractivity contribution is -0.116. The van der Waals surface area contributed by atoms with Crippen molar-refractivity contribution < 1.29 is 9.59 Å².